The molecule has 6 heteroatoms. The molecular weight excluding hydrogens is 330 g/mol. The Morgan fingerprint density at radius 1 is 1.31 bits per heavy atom. The maximum atomic E-state index is 12.8. The van der Waals surface area contributed by atoms with Gasteiger partial charge in [-0.1, -0.05) is 17.7 Å². The minimum absolute atomic E-state index is 0.118. The summed E-state index contributed by atoms with van der Waals surface area (Å²) in [6.45, 7) is 3.55. The lowest BCUT2D eigenvalue weighted by molar-refractivity contribution is -0.0824. The van der Waals surface area contributed by atoms with Crippen LogP contribution >= 0.6 is 0 Å². The van der Waals surface area contributed by atoms with Gasteiger partial charge in [-0.15, -0.1) is 0 Å². The van der Waals surface area contributed by atoms with Gasteiger partial charge in [0.2, 0.25) is 0 Å². The molecule has 138 valence electrons. The third-order valence-electron chi connectivity index (χ3n) is 4.85. The number of pyridine rings is 1. The van der Waals surface area contributed by atoms with Crippen LogP contribution in [0.5, 0.6) is 5.75 Å². The van der Waals surface area contributed by atoms with E-state index in [1.807, 2.05) is 31.2 Å². The standard InChI is InChI=1S/C20H25N3O3/c1-15-6-8-16(9-7-15)26-14-20(25-2)10-4-12-23(13-20)19(24)17-5-3-11-22-18(17)21/h3,5-9,11H,4,10,12-14H2,1-2H3,(H2,21,22)/t20-/m0/s1. The van der Waals surface area contributed by atoms with Crippen LogP contribution in [-0.4, -0.2) is 48.2 Å². The van der Waals surface area contributed by atoms with Gasteiger partial charge in [0.05, 0.1) is 12.1 Å². The Balaban J connectivity index is 1.71. The fourth-order valence-electron chi connectivity index (χ4n) is 3.23. The molecule has 0 aliphatic carbocycles. The number of anilines is 1. The molecule has 26 heavy (non-hydrogen) atoms. The van der Waals surface area contributed by atoms with Crippen molar-refractivity contribution in [1.29, 1.82) is 0 Å². The molecule has 1 aliphatic heterocycles. The maximum Gasteiger partial charge on any atom is 0.257 e. The third-order valence-corrected chi connectivity index (χ3v) is 4.85. The lowest BCUT2D eigenvalue weighted by Crippen LogP contribution is -2.54. The predicted molar refractivity (Wildman–Crippen MR) is 100 cm³/mol. The molecule has 3 rings (SSSR count). The van der Waals surface area contributed by atoms with Crippen LogP contribution in [-0.2, 0) is 4.74 Å². The van der Waals surface area contributed by atoms with Crippen molar-refractivity contribution >= 4 is 11.7 Å². The number of ether oxygens (including phenoxy) is 2. The van der Waals surface area contributed by atoms with E-state index >= 15 is 0 Å². The van der Waals surface area contributed by atoms with E-state index < -0.39 is 5.60 Å². The first-order valence-corrected chi connectivity index (χ1v) is 8.77. The number of hydrogen-bond acceptors (Lipinski definition) is 5. The molecule has 0 spiro atoms. The second-order valence-electron chi connectivity index (χ2n) is 6.76. The van der Waals surface area contributed by atoms with Crippen LogP contribution in [0.4, 0.5) is 5.82 Å². The summed E-state index contributed by atoms with van der Waals surface area (Å²) in [5.74, 6) is 0.932. The monoisotopic (exact) mass is 355 g/mol. The predicted octanol–water partition coefficient (Wildman–Crippen LogP) is 2.67. The summed E-state index contributed by atoms with van der Waals surface area (Å²) in [6.07, 6.45) is 3.26. The molecule has 1 aromatic heterocycles. The molecule has 2 heterocycles. The average molecular weight is 355 g/mol. The number of nitrogens with two attached hydrogens (primary N) is 1. The number of hydrogen-bond donors (Lipinski definition) is 1. The highest BCUT2D eigenvalue weighted by molar-refractivity contribution is 5.98. The quantitative estimate of drug-likeness (QED) is 0.892. The van der Waals surface area contributed by atoms with Crippen molar-refractivity contribution < 1.29 is 14.3 Å². The molecule has 1 aromatic carbocycles. The first-order valence-electron chi connectivity index (χ1n) is 8.77. The first-order chi connectivity index (χ1) is 12.5. The van der Waals surface area contributed by atoms with Crippen LogP contribution in [0.15, 0.2) is 42.6 Å². The molecule has 1 aliphatic rings. The number of nitrogen functional groups attached to an aromatic ring is 1. The first kappa shape index (κ1) is 18.2. The molecule has 1 atom stereocenters. The van der Waals surface area contributed by atoms with Gasteiger partial charge in [0, 0.05) is 19.9 Å². The number of aromatic nitrogens is 1. The van der Waals surface area contributed by atoms with Crippen LogP contribution < -0.4 is 10.5 Å². The molecule has 1 amide bonds. The number of carbonyl (C=O) groups is 1. The lowest BCUT2D eigenvalue weighted by Gasteiger charge is -2.41. The largest absolute Gasteiger partial charge is 0.491 e. The molecule has 1 saturated heterocycles. The van der Waals surface area contributed by atoms with Crippen LogP contribution in [0, 0.1) is 6.92 Å². The second-order valence-corrected chi connectivity index (χ2v) is 6.76. The highest BCUT2D eigenvalue weighted by Gasteiger charge is 2.38. The normalized spacial score (nSPS) is 20.0. The van der Waals surface area contributed by atoms with E-state index in [0.717, 1.165) is 18.6 Å². The topological polar surface area (TPSA) is 77.7 Å². The number of amides is 1. The van der Waals surface area contributed by atoms with Crippen molar-refractivity contribution in [3.63, 3.8) is 0 Å². The molecule has 0 bridgehead atoms. The minimum atomic E-state index is -0.532. The smallest absolute Gasteiger partial charge is 0.257 e. The minimum Gasteiger partial charge on any atom is -0.491 e. The summed E-state index contributed by atoms with van der Waals surface area (Å²) < 4.78 is 11.8. The highest BCUT2D eigenvalue weighted by atomic mass is 16.5. The second kappa shape index (κ2) is 7.74. The van der Waals surface area contributed by atoms with Gasteiger partial charge in [-0.25, -0.2) is 4.98 Å². The molecule has 0 unspecified atom stereocenters. The van der Waals surface area contributed by atoms with Gasteiger partial charge < -0.3 is 20.1 Å². The number of nitrogens with zero attached hydrogens (tertiary/aromatic N) is 2. The summed E-state index contributed by atoms with van der Waals surface area (Å²) in [4.78, 5) is 18.6. The Kier molecular flexibility index (Phi) is 5.42. The van der Waals surface area contributed by atoms with Crippen molar-refractivity contribution in [2.45, 2.75) is 25.4 Å². The highest BCUT2D eigenvalue weighted by Crippen LogP contribution is 2.27. The van der Waals surface area contributed by atoms with Gasteiger partial charge in [0.25, 0.3) is 5.91 Å². The van der Waals surface area contributed by atoms with E-state index in [0.29, 0.717) is 25.3 Å². The zero-order valence-electron chi connectivity index (χ0n) is 15.3. The van der Waals surface area contributed by atoms with Crippen LogP contribution in [0.2, 0.25) is 0 Å². The lowest BCUT2D eigenvalue weighted by atomic mass is 9.92. The molecular formula is C20H25N3O3. The number of aryl methyl sites for hydroxylation is 1. The fraction of sp³-hybridized carbons (Fsp3) is 0.400. The van der Waals surface area contributed by atoms with Crippen LogP contribution in [0.1, 0.15) is 28.8 Å². The molecule has 2 N–H and O–H groups in total. The Hall–Kier alpha value is -2.60. The van der Waals surface area contributed by atoms with Crippen molar-refractivity contribution in [1.82, 2.24) is 9.88 Å². The molecule has 0 radical (unpaired) electrons. The number of likely N-dealkylation sites (tertiary alicyclic amines) is 1. The van der Waals surface area contributed by atoms with Gasteiger partial charge >= 0.3 is 0 Å². The maximum absolute atomic E-state index is 12.8. The molecule has 1 fully saturated rings. The van der Waals surface area contributed by atoms with Gasteiger partial charge in [0.1, 0.15) is 23.8 Å². The zero-order valence-corrected chi connectivity index (χ0v) is 15.3. The number of piperidine rings is 1. The van der Waals surface area contributed by atoms with E-state index in [1.165, 1.54) is 5.56 Å². The Morgan fingerprint density at radius 3 is 2.77 bits per heavy atom. The van der Waals surface area contributed by atoms with E-state index in [4.69, 9.17) is 15.2 Å². The average Bonchev–Trinajstić information content (AvgIpc) is 2.67. The van der Waals surface area contributed by atoms with E-state index in [1.54, 1.807) is 30.3 Å². The Bertz CT molecular complexity index is 763. The summed E-state index contributed by atoms with van der Waals surface area (Å²) in [7, 11) is 1.67. The number of benzene rings is 1. The van der Waals surface area contributed by atoms with Gasteiger partial charge in [-0.05, 0) is 44.0 Å². The number of rotatable bonds is 5. The third kappa shape index (κ3) is 3.96. The summed E-state index contributed by atoms with van der Waals surface area (Å²) in [5, 5.41) is 0. The van der Waals surface area contributed by atoms with E-state index in [9.17, 15) is 4.79 Å². The molecule has 6 nitrogen and oxygen atoms in total. The number of carbonyl (C=O) groups excluding carboxylic acids is 1. The molecule has 0 saturated carbocycles. The van der Waals surface area contributed by atoms with Gasteiger partial charge in [0.15, 0.2) is 0 Å². The fourth-order valence-corrected chi connectivity index (χ4v) is 3.23. The zero-order chi connectivity index (χ0) is 18.6. The Labute approximate surface area is 153 Å². The number of methoxy groups -OCH3 is 1. The van der Waals surface area contributed by atoms with Crippen molar-refractivity contribution in [3.05, 3.63) is 53.7 Å². The van der Waals surface area contributed by atoms with E-state index in [2.05, 4.69) is 4.98 Å². The summed E-state index contributed by atoms with van der Waals surface area (Å²) in [6, 6.07) is 11.3. The van der Waals surface area contributed by atoms with Crippen molar-refractivity contribution in [2.24, 2.45) is 0 Å². The van der Waals surface area contributed by atoms with Crippen LogP contribution in [0.3, 0.4) is 0 Å². The SMILES string of the molecule is CO[C@@]1(COc2ccc(C)cc2)CCCN(C(=O)c2cccnc2N)C1. The van der Waals surface area contributed by atoms with Gasteiger partial charge in [-0.2, -0.15) is 0 Å². The van der Waals surface area contributed by atoms with E-state index in [-0.39, 0.29) is 11.7 Å². The molecule has 2 aromatic rings. The summed E-state index contributed by atoms with van der Waals surface area (Å²) >= 11 is 0. The van der Waals surface area contributed by atoms with Gasteiger partial charge in [-0.3, -0.25) is 4.79 Å². The van der Waals surface area contributed by atoms with Crippen molar-refractivity contribution in [2.75, 3.05) is 32.5 Å². The summed E-state index contributed by atoms with van der Waals surface area (Å²) in [5.41, 5.74) is 6.94. The van der Waals surface area contributed by atoms with Crippen molar-refractivity contribution in [3.8, 4) is 5.75 Å². The Morgan fingerprint density at radius 2 is 2.08 bits per heavy atom. The van der Waals surface area contributed by atoms with Crippen LogP contribution in [0.25, 0.3) is 0 Å².